The van der Waals surface area contributed by atoms with E-state index in [1.54, 1.807) is 12.4 Å². The summed E-state index contributed by atoms with van der Waals surface area (Å²) >= 11 is 1.50. The van der Waals surface area contributed by atoms with Gasteiger partial charge < -0.3 is 9.80 Å². The van der Waals surface area contributed by atoms with Gasteiger partial charge in [-0.1, -0.05) is 0 Å². The largest absolute Gasteiger partial charge is 0.337 e. The van der Waals surface area contributed by atoms with E-state index in [4.69, 9.17) is 0 Å². The highest BCUT2D eigenvalue weighted by Crippen LogP contribution is 2.40. The Kier molecular flexibility index (Phi) is 4.48. The number of likely N-dealkylation sites (tertiary alicyclic amines) is 2. The van der Waals surface area contributed by atoms with Crippen molar-refractivity contribution in [1.29, 1.82) is 0 Å². The molecular formula is C19H22N4O2S. The molecule has 2 aliphatic heterocycles. The number of thiazole rings is 1. The Labute approximate surface area is 156 Å². The van der Waals surface area contributed by atoms with Gasteiger partial charge in [0.15, 0.2) is 0 Å². The van der Waals surface area contributed by atoms with E-state index in [1.165, 1.54) is 11.3 Å². The van der Waals surface area contributed by atoms with E-state index in [1.807, 2.05) is 34.2 Å². The van der Waals surface area contributed by atoms with Gasteiger partial charge in [0.05, 0.1) is 5.01 Å². The molecule has 0 unspecified atom stereocenters. The Morgan fingerprint density at radius 2 is 1.96 bits per heavy atom. The quantitative estimate of drug-likeness (QED) is 0.833. The predicted molar refractivity (Wildman–Crippen MR) is 98.7 cm³/mol. The summed E-state index contributed by atoms with van der Waals surface area (Å²) in [5.74, 6) is 0.228. The normalized spacial score (nSPS) is 19.3. The van der Waals surface area contributed by atoms with Gasteiger partial charge in [-0.15, -0.1) is 11.3 Å². The third-order valence-corrected chi connectivity index (χ3v) is 6.36. The fourth-order valence-electron chi connectivity index (χ4n) is 4.07. The second kappa shape index (κ2) is 6.79. The molecule has 0 N–H and O–H groups in total. The zero-order chi connectivity index (χ0) is 18.1. The second-order valence-corrected chi connectivity index (χ2v) is 8.17. The summed E-state index contributed by atoms with van der Waals surface area (Å²) in [6.45, 7) is 3.89. The number of nitrogens with zero attached hydrogens (tertiary/aromatic N) is 4. The zero-order valence-corrected chi connectivity index (χ0v) is 15.7. The van der Waals surface area contributed by atoms with Crippen LogP contribution in [-0.4, -0.2) is 50.2 Å². The third kappa shape index (κ3) is 3.11. The molecule has 4 rings (SSSR count). The number of carbonyl (C=O) groups is 2. The molecule has 0 atom stereocenters. The molecule has 0 radical (unpaired) electrons. The number of aromatic nitrogens is 2. The first-order chi connectivity index (χ1) is 12.6. The van der Waals surface area contributed by atoms with Crippen LogP contribution in [0.25, 0.3) is 0 Å². The van der Waals surface area contributed by atoms with Crippen molar-refractivity contribution in [2.24, 2.45) is 0 Å². The van der Waals surface area contributed by atoms with Crippen LogP contribution >= 0.6 is 11.3 Å². The molecule has 1 spiro atoms. The fourth-order valence-corrected chi connectivity index (χ4v) is 4.66. The molecule has 2 saturated heterocycles. The van der Waals surface area contributed by atoms with E-state index >= 15 is 0 Å². The zero-order valence-electron chi connectivity index (χ0n) is 14.9. The fraction of sp³-hybridized carbons (Fsp3) is 0.474. The Bertz CT molecular complexity index is 812. The van der Waals surface area contributed by atoms with E-state index in [2.05, 4.69) is 9.97 Å². The number of piperidine rings is 1. The van der Waals surface area contributed by atoms with Crippen LogP contribution in [0.5, 0.6) is 0 Å². The number of pyridine rings is 1. The highest BCUT2D eigenvalue weighted by atomic mass is 32.1. The maximum Gasteiger partial charge on any atom is 0.273 e. The highest BCUT2D eigenvalue weighted by molar-refractivity contribution is 7.09. The summed E-state index contributed by atoms with van der Waals surface area (Å²) < 4.78 is 0. The molecule has 0 saturated carbocycles. The number of rotatable bonds is 3. The maximum atomic E-state index is 12.6. The van der Waals surface area contributed by atoms with Crippen molar-refractivity contribution in [3.8, 4) is 0 Å². The van der Waals surface area contributed by atoms with Crippen LogP contribution in [-0.2, 0) is 11.3 Å². The summed E-state index contributed by atoms with van der Waals surface area (Å²) in [5, 5.41) is 2.74. The van der Waals surface area contributed by atoms with Crippen LogP contribution in [0.3, 0.4) is 0 Å². The lowest BCUT2D eigenvalue weighted by atomic mass is 9.84. The molecule has 4 heterocycles. The van der Waals surface area contributed by atoms with Gasteiger partial charge in [-0.3, -0.25) is 14.6 Å². The molecule has 2 fully saturated rings. The van der Waals surface area contributed by atoms with Crippen molar-refractivity contribution in [3.63, 3.8) is 0 Å². The first kappa shape index (κ1) is 17.1. The molecule has 0 aromatic carbocycles. The molecule has 0 aliphatic carbocycles. The van der Waals surface area contributed by atoms with Crippen LogP contribution in [0, 0.1) is 6.92 Å². The minimum absolute atomic E-state index is 0.00853. The molecule has 136 valence electrons. The number of aryl methyl sites for hydroxylation is 1. The summed E-state index contributed by atoms with van der Waals surface area (Å²) in [6, 6.07) is 3.92. The third-order valence-electron chi connectivity index (χ3n) is 5.59. The first-order valence-corrected chi connectivity index (χ1v) is 9.86. The number of hydrogen-bond acceptors (Lipinski definition) is 5. The summed E-state index contributed by atoms with van der Waals surface area (Å²) in [5.41, 5.74) is 1.53. The second-order valence-electron chi connectivity index (χ2n) is 7.10. The maximum absolute atomic E-state index is 12.6. The van der Waals surface area contributed by atoms with E-state index in [0.717, 1.165) is 29.8 Å². The molecule has 0 bridgehead atoms. The standard InChI is InChI=1S/C19H22N4O2S/c1-14-21-16(13-26-14)18(25)22-10-6-19(7-11-22)5-2-17(24)23(19)12-15-3-8-20-9-4-15/h3-4,8-9,13H,2,5-7,10-12H2,1H3. The van der Waals surface area contributed by atoms with Crippen LogP contribution in [0.4, 0.5) is 0 Å². The minimum Gasteiger partial charge on any atom is -0.337 e. The molecule has 2 amide bonds. The molecule has 2 aromatic rings. The smallest absolute Gasteiger partial charge is 0.273 e. The topological polar surface area (TPSA) is 66.4 Å². The molecule has 2 aromatic heterocycles. The SMILES string of the molecule is Cc1nc(C(=O)N2CCC3(CCC(=O)N3Cc3ccncc3)CC2)cs1. The van der Waals surface area contributed by atoms with Gasteiger partial charge in [-0.05, 0) is 43.9 Å². The van der Waals surface area contributed by atoms with Gasteiger partial charge in [0.1, 0.15) is 5.69 Å². The Balaban J connectivity index is 1.46. The van der Waals surface area contributed by atoms with Gasteiger partial charge in [0, 0.05) is 49.4 Å². The van der Waals surface area contributed by atoms with Gasteiger partial charge in [-0.2, -0.15) is 0 Å². The van der Waals surface area contributed by atoms with E-state index < -0.39 is 0 Å². The van der Waals surface area contributed by atoms with Crippen LogP contribution < -0.4 is 0 Å². The van der Waals surface area contributed by atoms with Crippen molar-refractivity contribution >= 4 is 23.2 Å². The van der Waals surface area contributed by atoms with Gasteiger partial charge in [0.25, 0.3) is 5.91 Å². The minimum atomic E-state index is -0.116. The van der Waals surface area contributed by atoms with E-state index in [0.29, 0.717) is 31.7 Å². The molecule has 26 heavy (non-hydrogen) atoms. The summed E-state index contributed by atoms with van der Waals surface area (Å²) in [4.78, 5) is 37.4. The van der Waals surface area contributed by atoms with Crippen molar-refractivity contribution in [2.75, 3.05) is 13.1 Å². The lowest BCUT2D eigenvalue weighted by molar-refractivity contribution is -0.133. The van der Waals surface area contributed by atoms with Crippen LogP contribution in [0.1, 0.15) is 46.7 Å². The summed E-state index contributed by atoms with van der Waals surface area (Å²) in [6.07, 6.45) is 6.68. The Morgan fingerprint density at radius 1 is 1.23 bits per heavy atom. The van der Waals surface area contributed by atoms with Crippen molar-refractivity contribution in [3.05, 3.63) is 46.2 Å². The predicted octanol–water partition coefficient (Wildman–Crippen LogP) is 2.64. The lowest BCUT2D eigenvalue weighted by Crippen LogP contribution is -2.53. The lowest BCUT2D eigenvalue weighted by Gasteiger charge is -2.45. The van der Waals surface area contributed by atoms with Crippen LogP contribution in [0.2, 0.25) is 0 Å². The molecule has 2 aliphatic rings. The van der Waals surface area contributed by atoms with Crippen molar-refractivity contribution < 1.29 is 9.59 Å². The Morgan fingerprint density at radius 3 is 2.62 bits per heavy atom. The Hall–Kier alpha value is -2.28. The average Bonchev–Trinajstić information content (AvgIpc) is 3.22. The van der Waals surface area contributed by atoms with Gasteiger partial charge in [0.2, 0.25) is 5.91 Å². The van der Waals surface area contributed by atoms with Crippen molar-refractivity contribution in [2.45, 2.75) is 44.7 Å². The van der Waals surface area contributed by atoms with Gasteiger partial charge in [-0.25, -0.2) is 4.98 Å². The number of carbonyl (C=O) groups excluding carboxylic acids is 2. The van der Waals surface area contributed by atoms with Gasteiger partial charge >= 0.3 is 0 Å². The molecule has 7 heteroatoms. The average molecular weight is 370 g/mol. The highest BCUT2D eigenvalue weighted by Gasteiger charge is 2.47. The summed E-state index contributed by atoms with van der Waals surface area (Å²) in [7, 11) is 0. The monoisotopic (exact) mass is 370 g/mol. The molecular weight excluding hydrogens is 348 g/mol. The number of amides is 2. The van der Waals surface area contributed by atoms with Crippen molar-refractivity contribution in [1.82, 2.24) is 19.8 Å². The first-order valence-electron chi connectivity index (χ1n) is 8.98. The number of hydrogen-bond donors (Lipinski definition) is 0. The molecule has 6 nitrogen and oxygen atoms in total. The van der Waals surface area contributed by atoms with E-state index in [9.17, 15) is 9.59 Å². The van der Waals surface area contributed by atoms with Crippen LogP contribution in [0.15, 0.2) is 29.9 Å². The van der Waals surface area contributed by atoms with E-state index in [-0.39, 0.29) is 17.4 Å².